The van der Waals surface area contributed by atoms with E-state index in [4.69, 9.17) is 9.47 Å². The summed E-state index contributed by atoms with van der Waals surface area (Å²) in [5, 5.41) is 0. The van der Waals surface area contributed by atoms with Crippen molar-refractivity contribution in [2.45, 2.75) is 90.5 Å². The average molecular weight is 341 g/mol. The van der Waals surface area contributed by atoms with Gasteiger partial charge in [0.15, 0.2) is 0 Å². The van der Waals surface area contributed by atoms with E-state index in [1.54, 1.807) is 4.90 Å². The van der Waals surface area contributed by atoms with Gasteiger partial charge in [-0.05, 0) is 32.1 Å². The fourth-order valence-corrected chi connectivity index (χ4v) is 3.00. The molecule has 0 bridgehead atoms. The largest absolute Gasteiger partial charge is 0.464 e. The maximum atomic E-state index is 12.3. The van der Waals surface area contributed by atoms with Gasteiger partial charge < -0.3 is 9.47 Å². The molecule has 1 amide bonds. The summed E-state index contributed by atoms with van der Waals surface area (Å²) in [6.45, 7) is 5.61. The van der Waals surface area contributed by atoms with Crippen molar-refractivity contribution in [3.05, 3.63) is 0 Å². The summed E-state index contributed by atoms with van der Waals surface area (Å²) in [4.78, 5) is 25.9. The predicted molar refractivity (Wildman–Crippen MR) is 94.9 cm³/mol. The zero-order chi connectivity index (χ0) is 17.6. The van der Waals surface area contributed by atoms with Crippen molar-refractivity contribution in [3.63, 3.8) is 0 Å². The first kappa shape index (κ1) is 20.8. The van der Waals surface area contributed by atoms with E-state index >= 15 is 0 Å². The van der Waals surface area contributed by atoms with Gasteiger partial charge in [-0.2, -0.15) is 0 Å². The Morgan fingerprint density at radius 2 is 1.58 bits per heavy atom. The monoisotopic (exact) mass is 341 g/mol. The highest BCUT2D eigenvalue weighted by Gasteiger charge is 2.34. The molecule has 0 radical (unpaired) electrons. The SMILES string of the molecule is CCCCCCCCCOC(=O)C1CCCCN1C(=O)OCCC. The van der Waals surface area contributed by atoms with E-state index in [9.17, 15) is 9.59 Å². The van der Waals surface area contributed by atoms with Gasteiger partial charge in [0, 0.05) is 6.54 Å². The Hall–Kier alpha value is -1.26. The Morgan fingerprint density at radius 1 is 0.875 bits per heavy atom. The summed E-state index contributed by atoms with van der Waals surface area (Å²) in [6.07, 6.45) is 11.3. The van der Waals surface area contributed by atoms with E-state index in [2.05, 4.69) is 6.92 Å². The van der Waals surface area contributed by atoms with Crippen LogP contribution < -0.4 is 0 Å². The summed E-state index contributed by atoms with van der Waals surface area (Å²) < 4.78 is 10.6. The number of hydrogen-bond donors (Lipinski definition) is 0. The molecule has 0 saturated carbocycles. The summed E-state index contributed by atoms with van der Waals surface area (Å²) in [5.41, 5.74) is 0. The highest BCUT2D eigenvalue weighted by Crippen LogP contribution is 2.19. The molecule has 1 unspecified atom stereocenters. The first-order valence-corrected chi connectivity index (χ1v) is 9.80. The van der Waals surface area contributed by atoms with Gasteiger partial charge in [-0.25, -0.2) is 9.59 Å². The van der Waals surface area contributed by atoms with Crippen molar-refractivity contribution < 1.29 is 19.1 Å². The van der Waals surface area contributed by atoms with E-state index in [1.165, 1.54) is 32.1 Å². The topological polar surface area (TPSA) is 55.8 Å². The minimum Gasteiger partial charge on any atom is -0.464 e. The van der Waals surface area contributed by atoms with E-state index in [0.29, 0.717) is 26.2 Å². The minimum absolute atomic E-state index is 0.269. The molecule has 1 atom stereocenters. The van der Waals surface area contributed by atoms with Crippen LogP contribution in [0.15, 0.2) is 0 Å². The van der Waals surface area contributed by atoms with Crippen molar-refractivity contribution in [2.75, 3.05) is 19.8 Å². The van der Waals surface area contributed by atoms with Crippen LogP contribution in [-0.2, 0) is 14.3 Å². The zero-order valence-corrected chi connectivity index (χ0v) is 15.6. The number of piperidine rings is 1. The molecular formula is C19H35NO4. The van der Waals surface area contributed by atoms with Gasteiger partial charge in [-0.1, -0.05) is 52.4 Å². The molecule has 24 heavy (non-hydrogen) atoms. The number of hydrogen-bond acceptors (Lipinski definition) is 4. The fourth-order valence-electron chi connectivity index (χ4n) is 3.00. The number of carbonyl (C=O) groups excluding carboxylic acids is 2. The van der Waals surface area contributed by atoms with Crippen molar-refractivity contribution >= 4 is 12.1 Å². The van der Waals surface area contributed by atoms with Gasteiger partial charge in [-0.15, -0.1) is 0 Å². The van der Waals surface area contributed by atoms with Crippen molar-refractivity contribution in [2.24, 2.45) is 0 Å². The molecule has 1 aliphatic rings. The van der Waals surface area contributed by atoms with Crippen LogP contribution >= 0.6 is 0 Å². The van der Waals surface area contributed by atoms with E-state index in [1.807, 2.05) is 6.92 Å². The van der Waals surface area contributed by atoms with Crippen LogP contribution in [0.4, 0.5) is 4.79 Å². The molecule has 0 N–H and O–H groups in total. The lowest BCUT2D eigenvalue weighted by molar-refractivity contribution is -0.150. The molecular weight excluding hydrogens is 306 g/mol. The van der Waals surface area contributed by atoms with E-state index < -0.39 is 6.04 Å². The van der Waals surface area contributed by atoms with Gasteiger partial charge in [0.05, 0.1) is 13.2 Å². The van der Waals surface area contributed by atoms with E-state index in [0.717, 1.165) is 32.1 Å². The lowest BCUT2D eigenvalue weighted by atomic mass is 10.0. The number of likely N-dealkylation sites (tertiary alicyclic amines) is 1. The molecule has 140 valence electrons. The molecule has 0 aromatic rings. The number of unbranched alkanes of at least 4 members (excludes halogenated alkanes) is 6. The summed E-state index contributed by atoms with van der Waals surface area (Å²) in [7, 11) is 0. The minimum atomic E-state index is -0.465. The molecule has 0 aromatic heterocycles. The third-order valence-electron chi connectivity index (χ3n) is 4.43. The number of esters is 1. The molecule has 1 heterocycles. The smallest absolute Gasteiger partial charge is 0.410 e. The first-order valence-electron chi connectivity index (χ1n) is 9.80. The third kappa shape index (κ3) is 8.02. The second-order valence-corrected chi connectivity index (χ2v) is 6.61. The highest BCUT2D eigenvalue weighted by atomic mass is 16.6. The highest BCUT2D eigenvalue weighted by molar-refractivity contribution is 5.81. The third-order valence-corrected chi connectivity index (χ3v) is 4.43. The molecule has 1 aliphatic heterocycles. The quantitative estimate of drug-likeness (QED) is 0.404. The van der Waals surface area contributed by atoms with Gasteiger partial charge in [0.2, 0.25) is 0 Å². The van der Waals surface area contributed by atoms with Gasteiger partial charge in [-0.3, -0.25) is 4.90 Å². The fraction of sp³-hybridized carbons (Fsp3) is 0.895. The molecule has 1 saturated heterocycles. The lowest BCUT2D eigenvalue weighted by Gasteiger charge is -2.33. The molecule has 0 spiro atoms. The average Bonchev–Trinajstić information content (AvgIpc) is 2.61. The van der Waals surface area contributed by atoms with Gasteiger partial charge in [0.1, 0.15) is 6.04 Å². The Morgan fingerprint density at radius 3 is 2.29 bits per heavy atom. The molecule has 5 nitrogen and oxygen atoms in total. The van der Waals surface area contributed by atoms with E-state index in [-0.39, 0.29) is 12.1 Å². The van der Waals surface area contributed by atoms with Gasteiger partial charge >= 0.3 is 12.1 Å². The summed E-state index contributed by atoms with van der Waals surface area (Å²) in [5.74, 6) is -0.269. The molecule has 0 aliphatic carbocycles. The Labute approximate surface area is 147 Å². The number of rotatable bonds is 11. The standard InChI is InChI=1S/C19H35NO4/c1-3-5-6-7-8-9-12-16-23-18(21)17-13-10-11-14-20(17)19(22)24-15-4-2/h17H,3-16H2,1-2H3. The number of ether oxygens (including phenoxy) is 2. The van der Waals surface area contributed by atoms with Crippen LogP contribution in [0.2, 0.25) is 0 Å². The second kappa shape index (κ2) is 13.1. The maximum absolute atomic E-state index is 12.3. The summed E-state index contributed by atoms with van der Waals surface area (Å²) >= 11 is 0. The Kier molecular flexibility index (Phi) is 11.3. The maximum Gasteiger partial charge on any atom is 0.410 e. The van der Waals surface area contributed by atoms with Crippen molar-refractivity contribution in [1.29, 1.82) is 0 Å². The molecule has 0 aromatic carbocycles. The normalized spacial score (nSPS) is 17.6. The van der Waals surface area contributed by atoms with Crippen LogP contribution in [0.25, 0.3) is 0 Å². The van der Waals surface area contributed by atoms with Gasteiger partial charge in [0.25, 0.3) is 0 Å². The number of nitrogens with zero attached hydrogens (tertiary/aromatic N) is 1. The first-order chi connectivity index (χ1) is 11.7. The van der Waals surface area contributed by atoms with Crippen molar-refractivity contribution in [1.82, 2.24) is 4.90 Å². The van der Waals surface area contributed by atoms with Crippen LogP contribution in [0.3, 0.4) is 0 Å². The van der Waals surface area contributed by atoms with Crippen LogP contribution in [0.1, 0.15) is 84.5 Å². The van der Waals surface area contributed by atoms with Crippen molar-refractivity contribution in [3.8, 4) is 0 Å². The Balaban J connectivity index is 2.24. The van der Waals surface area contributed by atoms with Crippen LogP contribution in [-0.4, -0.2) is 42.8 Å². The van der Waals surface area contributed by atoms with Crippen LogP contribution in [0.5, 0.6) is 0 Å². The summed E-state index contributed by atoms with van der Waals surface area (Å²) in [6, 6.07) is -0.465. The number of carbonyl (C=O) groups is 2. The zero-order valence-electron chi connectivity index (χ0n) is 15.6. The Bertz CT molecular complexity index is 359. The lowest BCUT2D eigenvalue weighted by Crippen LogP contribution is -2.49. The second-order valence-electron chi connectivity index (χ2n) is 6.61. The molecule has 1 fully saturated rings. The van der Waals surface area contributed by atoms with Crippen LogP contribution in [0, 0.1) is 0 Å². The number of amides is 1. The molecule has 1 rings (SSSR count). The predicted octanol–water partition coefficient (Wildman–Crippen LogP) is 4.68. The molecule has 5 heteroatoms.